The van der Waals surface area contributed by atoms with Crippen molar-refractivity contribution in [2.24, 2.45) is 0 Å². The first-order valence-corrected chi connectivity index (χ1v) is 14.0. The van der Waals surface area contributed by atoms with Crippen molar-refractivity contribution in [2.75, 3.05) is 24.5 Å². The Morgan fingerprint density at radius 3 is 2.21 bits per heavy atom. The smallest absolute Gasteiger partial charge is 0.264 e. The van der Waals surface area contributed by atoms with Crippen molar-refractivity contribution in [2.45, 2.75) is 44.7 Å². The molecular formula is C29H35N3O5S. The second kappa shape index (κ2) is 13.1. The normalized spacial score (nSPS) is 11.9. The van der Waals surface area contributed by atoms with Gasteiger partial charge in [0.05, 0.1) is 17.2 Å². The van der Waals surface area contributed by atoms with Crippen LogP contribution in [0.3, 0.4) is 0 Å². The van der Waals surface area contributed by atoms with Crippen molar-refractivity contribution in [1.29, 1.82) is 0 Å². The molecular weight excluding hydrogens is 502 g/mol. The third-order valence-electron chi connectivity index (χ3n) is 6.11. The molecule has 8 nitrogen and oxygen atoms in total. The van der Waals surface area contributed by atoms with Crippen LogP contribution in [0.5, 0.6) is 5.75 Å². The number of nitrogens with one attached hydrogen (secondary N) is 1. The molecule has 0 saturated heterocycles. The van der Waals surface area contributed by atoms with Crippen molar-refractivity contribution in [1.82, 2.24) is 10.2 Å². The topological polar surface area (TPSA) is 96.0 Å². The van der Waals surface area contributed by atoms with Gasteiger partial charge in [0.25, 0.3) is 10.0 Å². The van der Waals surface area contributed by atoms with E-state index >= 15 is 0 Å². The molecule has 2 amide bonds. The van der Waals surface area contributed by atoms with Crippen LogP contribution in [0.25, 0.3) is 0 Å². The average Bonchev–Trinajstić information content (AvgIpc) is 2.92. The Bertz CT molecular complexity index is 1330. The molecule has 38 heavy (non-hydrogen) atoms. The summed E-state index contributed by atoms with van der Waals surface area (Å²) in [5.41, 5.74) is 2.21. The van der Waals surface area contributed by atoms with Crippen LogP contribution in [0.2, 0.25) is 0 Å². The third kappa shape index (κ3) is 6.92. The lowest BCUT2D eigenvalue weighted by Gasteiger charge is -2.33. The molecule has 202 valence electrons. The fraction of sp³-hybridized carbons (Fsp3) is 0.310. The molecule has 1 N–H and O–H groups in total. The first-order chi connectivity index (χ1) is 18.2. The summed E-state index contributed by atoms with van der Waals surface area (Å²) in [6.45, 7) is 5.76. The summed E-state index contributed by atoms with van der Waals surface area (Å²) in [5, 5.41) is 2.63. The molecule has 0 unspecified atom stereocenters. The standard InChI is InChI=1S/C29H35N3O5S/c1-5-27(29(34)30-4)31(20-23-12-10-11-22(3)19-23)28(33)21-32(24-13-8-7-9-14-24)38(35,36)26-17-15-25(16-18-26)37-6-2/h7-19,27H,5-6,20-21H2,1-4H3,(H,30,34)/t27-/m0/s1. The number of hydrogen-bond acceptors (Lipinski definition) is 5. The van der Waals surface area contributed by atoms with Crippen LogP contribution in [-0.4, -0.2) is 51.4 Å². The predicted octanol–water partition coefficient (Wildman–Crippen LogP) is 4.14. The number of anilines is 1. The minimum Gasteiger partial charge on any atom is -0.494 e. The van der Waals surface area contributed by atoms with Crippen LogP contribution in [-0.2, 0) is 26.2 Å². The van der Waals surface area contributed by atoms with Gasteiger partial charge in [-0.1, -0.05) is 55.0 Å². The van der Waals surface area contributed by atoms with Crippen LogP contribution in [0.4, 0.5) is 5.69 Å². The van der Waals surface area contributed by atoms with Gasteiger partial charge in [-0.25, -0.2) is 8.42 Å². The van der Waals surface area contributed by atoms with E-state index in [-0.39, 0.29) is 17.3 Å². The van der Waals surface area contributed by atoms with Gasteiger partial charge in [0.1, 0.15) is 18.3 Å². The van der Waals surface area contributed by atoms with Crippen molar-refractivity contribution >= 4 is 27.5 Å². The van der Waals surface area contributed by atoms with Gasteiger partial charge in [-0.2, -0.15) is 0 Å². The molecule has 0 aromatic heterocycles. The lowest BCUT2D eigenvalue weighted by atomic mass is 10.1. The number of aryl methyl sites for hydroxylation is 1. The molecule has 3 aromatic carbocycles. The molecule has 0 aliphatic carbocycles. The average molecular weight is 538 g/mol. The molecule has 1 atom stereocenters. The van der Waals surface area contributed by atoms with Crippen molar-refractivity contribution in [3.8, 4) is 5.75 Å². The fourth-order valence-corrected chi connectivity index (χ4v) is 5.63. The number of nitrogens with zero attached hydrogens (tertiary/aromatic N) is 2. The van der Waals surface area contributed by atoms with Crippen molar-refractivity contribution < 1.29 is 22.7 Å². The Morgan fingerprint density at radius 2 is 1.63 bits per heavy atom. The van der Waals surface area contributed by atoms with Crippen LogP contribution in [0, 0.1) is 6.92 Å². The first kappa shape index (κ1) is 28.7. The van der Waals surface area contributed by atoms with Gasteiger partial charge in [-0.15, -0.1) is 0 Å². The first-order valence-electron chi connectivity index (χ1n) is 12.6. The van der Waals surface area contributed by atoms with Crippen LogP contribution in [0.15, 0.2) is 83.8 Å². The summed E-state index contributed by atoms with van der Waals surface area (Å²) in [7, 11) is -2.60. The van der Waals surface area contributed by atoms with Gasteiger partial charge in [0.2, 0.25) is 11.8 Å². The highest BCUT2D eigenvalue weighted by Crippen LogP contribution is 2.26. The Kier molecular flexibility index (Phi) is 9.90. The van der Waals surface area contributed by atoms with Crippen molar-refractivity contribution in [3.63, 3.8) is 0 Å². The zero-order valence-corrected chi connectivity index (χ0v) is 23.1. The van der Waals surface area contributed by atoms with E-state index in [4.69, 9.17) is 4.74 Å². The van der Waals surface area contributed by atoms with E-state index in [9.17, 15) is 18.0 Å². The fourth-order valence-electron chi connectivity index (χ4n) is 4.22. The van der Waals surface area contributed by atoms with Crippen LogP contribution in [0.1, 0.15) is 31.4 Å². The highest BCUT2D eigenvalue weighted by molar-refractivity contribution is 7.92. The van der Waals surface area contributed by atoms with Gasteiger partial charge in [0.15, 0.2) is 0 Å². The van der Waals surface area contributed by atoms with Crippen LogP contribution < -0.4 is 14.4 Å². The minimum absolute atomic E-state index is 0.0289. The number of benzene rings is 3. The summed E-state index contributed by atoms with van der Waals surface area (Å²) in [5.74, 6) is -0.246. The monoisotopic (exact) mass is 537 g/mol. The third-order valence-corrected chi connectivity index (χ3v) is 7.90. The second-order valence-corrected chi connectivity index (χ2v) is 10.7. The summed E-state index contributed by atoms with van der Waals surface area (Å²) < 4.78 is 34.2. The summed E-state index contributed by atoms with van der Waals surface area (Å²) in [4.78, 5) is 28.1. The highest BCUT2D eigenvalue weighted by atomic mass is 32.2. The number of rotatable bonds is 12. The maximum atomic E-state index is 13.9. The molecule has 9 heteroatoms. The number of ether oxygens (including phenoxy) is 1. The van der Waals surface area contributed by atoms with Gasteiger partial charge in [-0.05, 0) is 62.2 Å². The van der Waals surface area contributed by atoms with E-state index < -0.39 is 28.5 Å². The number of carbonyl (C=O) groups is 2. The minimum atomic E-state index is -4.12. The van der Waals surface area contributed by atoms with E-state index in [1.807, 2.05) is 45.0 Å². The van der Waals surface area contributed by atoms with Gasteiger partial charge in [-0.3, -0.25) is 13.9 Å². The quantitative estimate of drug-likeness (QED) is 0.375. The zero-order chi connectivity index (χ0) is 27.7. The second-order valence-electron chi connectivity index (χ2n) is 8.80. The molecule has 0 aliphatic rings. The predicted molar refractivity (Wildman–Crippen MR) is 148 cm³/mol. The van der Waals surface area contributed by atoms with Gasteiger partial charge in [0, 0.05) is 13.6 Å². The van der Waals surface area contributed by atoms with E-state index in [1.54, 1.807) is 42.5 Å². The maximum absolute atomic E-state index is 13.9. The summed E-state index contributed by atoms with van der Waals surface area (Å²) in [6.07, 6.45) is 0.369. The molecule has 3 rings (SSSR count). The molecule has 0 radical (unpaired) electrons. The maximum Gasteiger partial charge on any atom is 0.264 e. The number of para-hydroxylation sites is 1. The molecule has 3 aromatic rings. The number of sulfonamides is 1. The van der Waals surface area contributed by atoms with E-state index in [0.29, 0.717) is 24.5 Å². The molecule has 0 aliphatic heterocycles. The van der Waals surface area contributed by atoms with Crippen molar-refractivity contribution in [3.05, 3.63) is 90.0 Å². The molecule has 0 saturated carbocycles. The number of carbonyl (C=O) groups excluding carboxylic acids is 2. The lowest BCUT2D eigenvalue weighted by Crippen LogP contribution is -2.51. The molecule has 0 fully saturated rings. The Morgan fingerprint density at radius 1 is 0.947 bits per heavy atom. The molecule has 0 heterocycles. The Labute approximate surface area is 225 Å². The Balaban J connectivity index is 2.02. The van der Waals surface area contributed by atoms with E-state index in [0.717, 1.165) is 15.4 Å². The largest absolute Gasteiger partial charge is 0.494 e. The van der Waals surface area contributed by atoms with Gasteiger partial charge >= 0.3 is 0 Å². The van der Waals surface area contributed by atoms with E-state index in [1.165, 1.54) is 24.1 Å². The number of hydrogen-bond donors (Lipinski definition) is 1. The SMILES string of the molecule is CCOc1ccc(S(=O)(=O)N(CC(=O)N(Cc2cccc(C)c2)[C@@H](CC)C(=O)NC)c2ccccc2)cc1. The molecule has 0 bridgehead atoms. The number of likely N-dealkylation sites (N-methyl/N-ethyl adjacent to an activating group) is 1. The molecule has 0 spiro atoms. The lowest BCUT2D eigenvalue weighted by molar-refractivity contribution is -0.140. The Hall–Kier alpha value is -3.85. The number of amides is 2. The van der Waals surface area contributed by atoms with Gasteiger partial charge < -0.3 is 15.0 Å². The summed E-state index contributed by atoms with van der Waals surface area (Å²) in [6, 6.07) is 21.5. The van der Waals surface area contributed by atoms with E-state index in [2.05, 4.69) is 5.32 Å². The summed E-state index contributed by atoms with van der Waals surface area (Å²) >= 11 is 0. The zero-order valence-electron chi connectivity index (χ0n) is 22.3. The van der Waals surface area contributed by atoms with Crippen LogP contribution >= 0.6 is 0 Å². The highest BCUT2D eigenvalue weighted by Gasteiger charge is 2.33.